The van der Waals surface area contributed by atoms with Crippen LogP contribution in [0.1, 0.15) is 22.3 Å². The van der Waals surface area contributed by atoms with Crippen LogP contribution in [0.4, 0.5) is 5.69 Å². The molecule has 0 saturated heterocycles. The van der Waals surface area contributed by atoms with Gasteiger partial charge in [-0.25, -0.2) is 8.42 Å². The van der Waals surface area contributed by atoms with Crippen molar-refractivity contribution in [3.8, 4) is 0 Å². The lowest BCUT2D eigenvalue weighted by molar-refractivity contribution is 0.609. The summed E-state index contributed by atoms with van der Waals surface area (Å²) in [6, 6.07) is 24.9. The highest BCUT2D eigenvalue weighted by Gasteiger charge is 2.16. The Balaban J connectivity index is 1.58. The highest BCUT2D eigenvalue weighted by Crippen LogP contribution is 2.22. The van der Waals surface area contributed by atoms with E-state index in [0.29, 0.717) is 5.69 Å². The van der Waals surface area contributed by atoms with Gasteiger partial charge < -0.3 is 0 Å². The van der Waals surface area contributed by atoms with Crippen LogP contribution < -0.4 is 4.72 Å². The van der Waals surface area contributed by atoms with Crippen molar-refractivity contribution in [3.05, 3.63) is 107 Å². The molecule has 0 aromatic heterocycles. The lowest BCUT2D eigenvalue weighted by Crippen LogP contribution is -2.15. The van der Waals surface area contributed by atoms with Gasteiger partial charge in [0, 0.05) is 23.4 Å². The molecule has 4 rings (SSSR count). The van der Waals surface area contributed by atoms with E-state index in [9.17, 15) is 8.42 Å². The molecule has 1 aliphatic rings. The van der Waals surface area contributed by atoms with Gasteiger partial charge in [0.05, 0.1) is 11.1 Å². The van der Waals surface area contributed by atoms with Crippen LogP contribution >= 0.6 is 0 Å². The highest BCUT2D eigenvalue weighted by molar-refractivity contribution is 7.95. The van der Waals surface area contributed by atoms with Crippen LogP contribution in [0.2, 0.25) is 0 Å². The first kappa shape index (κ1) is 18.2. The number of benzene rings is 3. The fourth-order valence-electron chi connectivity index (χ4n) is 3.25. The summed E-state index contributed by atoms with van der Waals surface area (Å²) in [5.74, 6) is 0. The van der Waals surface area contributed by atoms with E-state index in [1.807, 2.05) is 60.7 Å². The lowest BCUT2D eigenvalue weighted by atomic mass is 9.93. The van der Waals surface area contributed by atoms with E-state index in [1.165, 1.54) is 11.0 Å². The van der Waals surface area contributed by atoms with Gasteiger partial charge in [-0.15, -0.1) is 0 Å². The van der Waals surface area contributed by atoms with Crippen LogP contribution in [-0.2, 0) is 16.4 Å². The van der Waals surface area contributed by atoms with Crippen molar-refractivity contribution < 1.29 is 8.42 Å². The van der Waals surface area contributed by atoms with Crippen molar-refractivity contribution in [1.29, 1.82) is 0 Å². The first-order valence-electron chi connectivity index (χ1n) is 9.10. The smallest absolute Gasteiger partial charge is 0.255 e. The predicted molar refractivity (Wildman–Crippen MR) is 115 cm³/mol. The average Bonchev–Trinajstić information content (AvgIpc) is 2.73. The lowest BCUT2D eigenvalue weighted by Gasteiger charge is -2.17. The molecule has 0 bridgehead atoms. The third-order valence-electron chi connectivity index (χ3n) is 4.56. The van der Waals surface area contributed by atoms with Crippen molar-refractivity contribution in [2.24, 2.45) is 4.99 Å². The van der Waals surface area contributed by atoms with Crippen LogP contribution in [0.5, 0.6) is 0 Å². The van der Waals surface area contributed by atoms with Gasteiger partial charge >= 0.3 is 0 Å². The monoisotopic (exact) mass is 388 g/mol. The number of nitrogens with one attached hydrogen (secondary N) is 1. The third kappa shape index (κ3) is 4.21. The Morgan fingerprint density at radius 3 is 2.54 bits per heavy atom. The molecule has 0 atom stereocenters. The minimum atomic E-state index is -3.61. The van der Waals surface area contributed by atoms with Crippen molar-refractivity contribution >= 4 is 27.5 Å². The second-order valence-electron chi connectivity index (χ2n) is 6.58. The first-order chi connectivity index (χ1) is 13.6. The molecule has 3 aromatic rings. The van der Waals surface area contributed by atoms with E-state index in [1.54, 1.807) is 12.1 Å². The van der Waals surface area contributed by atoms with Crippen LogP contribution in [0, 0.1) is 0 Å². The molecule has 4 nitrogen and oxygen atoms in total. The van der Waals surface area contributed by atoms with Crippen molar-refractivity contribution in [1.82, 2.24) is 0 Å². The Hall–Kier alpha value is -3.18. The largest absolute Gasteiger partial charge is 0.284 e. The van der Waals surface area contributed by atoms with Gasteiger partial charge in [-0.1, -0.05) is 66.7 Å². The molecule has 0 unspecified atom stereocenters. The number of aliphatic imine (C=N–C) groups is 1. The molecule has 0 amide bonds. The molecule has 0 fully saturated rings. The maximum atomic E-state index is 12.4. The summed E-state index contributed by atoms with van der Waals surface area (Å²) in [6.45, 7) is 0.738. The quantitative estimate of drug-likeness (QED) is 0.700. The zero-order valence-electron chi connectivity index (χ0n) is 15.2. The molecule has 1 aliphatic heterocycles. The minimum Gasteiger partial charge on any atom is -0.284 e. The van der Waals surface area contributed by atoms with Gasteiger partial charge in [0.2, 0.25) is 0 Å². The predicted octanol–water partition coefficient (Wildman–Crippen LogP) is 4.49. The van der Waals surface area contributed by atoms with Crippen molar-refractivity contribution in [2.45, 2.75) is 6.42 Å². The van der Waals surface area contributed by atoms with Gasteiger partial charge in [-0.2, -0.15) is 0 Å². The normalized spacial score (nSPS) is 13.8. The van der Waals surface area contributed by atoms with E-state index in [2.05, 4.69) is 21.8 Å². The summed E-state index contributed by atoms with van der Waals surface area (Å²) >= 11 is 0. The SMILES string of the molecule is O=S(=O)(/C=C/c1ccccc1)Nc1cccc(C2=NCCc3ccccc32)c1. The summed E-state index contributed by atoms with van der Waals surface area (Å²) in [7, 11) is -3.61. The topological polar surface area (TPSA) is 58.5 Å². The van der Waals surface area contributed by atoms with Gasteiger partial charge in [0.1, 0.15) is 0 Å². The van der Waals surface area contributed by atoms with E-state index >= 15 is 0 Å². The van der Waals surface area contributed by atoms with Crippen LogP contribution in [-0.4, -0.2) is 20.7 Å². The number of rotatable bonds is 5. The Bertz CT molecular complexity index is 1150. The number of nitrogens with zero attached hydrogens (tertiary/aromatic N) is 1. The summed E-state index contributed by atoms with van der Waals surface area (Å²) in [5, 5.41) is 1.18. The van der Waals surface area contributed by atoms with Gasteiger partial charge in [-0.05, 0) is 35.8 Å². The second kappa shape index (κ2) is 7.82. The zero-order valence-corrected chi connectivity index (χ0v) is 16.1. The summed E-state index contributed by atoms with van der Waals surface area (Å²) in [6.07, 6.45) is 2.50. The zero-order chi connectivity index (χ0) is 19.4. The fourth-order valence-corrected chi connectivity index (χ4v) is 4.11. The number of hydrogen-bond acceptors (Lipinski definition) is 3. The van der Waals surface area contributed by atoms with E-state index in [4.69, 9.17) is 0 Å². The summed E-state index contributed by atoms with van der Waals surface area (Å²) in [5.41, 5.74) is 5.53. The molecular weight excluding hydrogens is 368 g/mol. The van der Waals surface area contributed by atoms with Crippen LogP contribution in [0.15, 0.2) is 89.3 Å². The minimum absolute atomic E-state index is 0.515. The van der Waals surface area contributed by atoms with Gasteiger partial charge in [-0.3, -0.25) is 9.71 Å². The van der Waals surface area contributed by atoms with E-state index < -0.39 is 10.0 Å². The molecule has 0 saturated carbocycles. The van der Waals surface area contributed by atoms with Crippen molar-refractivity contribution in [2.75, 3.05) is 11.3 Å². The standard InChI is InChI=1S/C23H20N2O2S/c26-28(27,16-14-18-7-2-1-3-8-18)25-21-11-6-10-20(17-21)23-22-12-5-4-9-19(22)13-15-24-23/h1-12,14,16-17,25H,13,15H2/b16-14+. The third-order valence-corrected chi connectivity index (χ3v) is 5.57. The van der Waals surface area contributed by atoms with E-state index in [-0.39, 0.29) is 0 Å². The molecule has 1 N–H and O–H groups in total. The van der Waals surface area contributed by atoms with Gasteiger partial charge in [0.15, 0.2) is 0 Å². The number of sulfonamides is 1. The van der Waals surface area contributed by atoms with E-state index in [0.717, 1.165) is 35.4 Å². The summed E-state index contributed by atoms with van der Waals surface area (Å²) in [4.78, 5) is 4.68. The maximum absolute atomic E-state index is 12.4. The molecule has 1 heterocycles. The molecule has 140 valence electrons. The summed E-state index contributed by atoms with van der Waals surface area (Å²) < 4.78 is 27.5. The Kier molecular flexibility index (Phi) is 5.08. The molecule has 0 radical (unpaired) electrons. The first-order valence-corrected chi connectivity index (χ1v) is 10.6. The average molecular weight is 388 g/mol. The van der Waals surface area contributed by atoms with Gasteiger partial charge in [0.25, 0.3) is 10.0 Å². The van der Waals surface area contributed by atoms with Crippen LogP contribution in [0.25, 0.3) is 6.08 Å². The molecule has 0 spiro atoms. The fraction of sp³-hybridized carbons (Fsp3) is 0.0870. The Morgan fingerprint density at radius 1 is 0.893 bits per heavy atom. The van der Waals surface area contributed by atoms with Crippen molar-refractivity contribution in [3.63, 3.8) is 0 Å². The molecule has 3 aromatic carbocycles. The molecular formula is C23H20N2O2S. The molecule has 0 aliphatic carbocycles. The molecule has 5 heteroatoms. The maximum Gasteiger partial charge on any atom is 0.255 e. The second-order valence-corrected chi connectivity index (χ2v) is 8.15. The molecule has 28 heavy (non-hydrogen) atoms. The van der Waals surface area contributed by atoms with Crippen LogP contribution in [0.3, 0.4) is 0 Å². The number of fused-ring (bicyclic) bond motifs is 1. The Morgan fingerprint density at radius 2 is 1.68 bits per heavy atom. The highest BCUT2D eigenvalue weighted by atomic mass is 32.2. The Labute approximate surface area is 165 Å². The number of hydrogen-bond donors (Lipinski definition) is 1. The number of anilines is 1.